The number of carbonyl (C=O) groups excluding carboxylic acids is 3. The van der Waals surface area contributed by atoms with E-state index in [0.717, 1.165) is 0 Å². The van der Waals surface area contributed by atoms with Crippen molar-refractivity contribution < 1.29 is 23.5 Å². The number of urea groups is 1. The molecule has 8 nitrogen and oxygen atoms in total. The minimum Gasteiger partial charge on any atom is -0.455 e. The van der Waals surface area contributed by atoms with Gasteiger partial charge < -0.3 is 14.9 Å². The predicted molar refractivity (Wildman–Crippen MR) is 105 cm³/mol. The molecule has 0 fully saturated rings. The molecule has 1 heterocycles. The first kappa shape index (κ1) is 19.8. The van der Waals surface area contributed by atoms with Gasteiger partial charge in [-0.1, -0.05) is 36.4 Å². The Morgan fingerprint density at radius 3 is 2.41 bits per heavy atom. The van der Waals surface area contributed by atoms with Crippen molar-refractivity contribution >= 4 is 28.9 Å². The van der Waals surface area contributed by atoms with Crippen molar-refractivity contribution in [2.75, 3.05) is 0 Å². The summed E-state index contributed by atoms with van der Waals surface area (Å²) in [6.45, 7) is 2.94. The number of rotatable bonds is 4. The molecule has 148 valence electrons. The molecule has 1 aromatic heterocycles. The number of fused-ring (bicyclic) bond motifs is 1. The van der Waals surface area contributed by atoms with Crippen LogP contribution in [0.2, 0.25) is 0 Å². The summed E-state index contributed by atoms with van der Waals surface area (Å²) in [5.41, 5.74) is 5.73. The lowest BCUT2D eigenvalue weighted by Gasteiger charge is -2.13. The van der Waals surface area contributed by atoms with E-state index in [1.54, 1.807) is 37.3 Å². The molecular formula is C21H18N2O6. The molecule has 0 aliphatic carbocycles. The molecule has 3 aromatic rings. The Balaban J connectivity index is 2.06. The number of primary amides is 1. The van der Waals surface area contributed by atoms with E-state index in [1.165, 1.54) is 19.1 Å². The Bertz CT molecular complexity index is 1170. The fraction of sp³-hybridized carbons (Fsp3) is 0.143. The fourth-order valence-corrected chi connectivity index (χ4v) is 2.84. The van der Waals surface area contributed by atoms with Crippen LogP contribution >= 0.6 is 0 Å². The molecule has 3 N–H and O–H groups in total. The summed E-state index contributed by atoms with van der Waals surface area (Å²) in [5.74, 6) is -1.41. The molecule has 1 atom stereocenters. The second kappa shape index (κ2) is 7.97. The molecule has 0 spiro atoms. The monoisotopic (exact) mass is 394 g/mol. The van der Waals surface area contributed by atoms with Crippen molar-refractivity contribution in [3.8, 4) is 11.3 Å². The number of ether oxygens (including phenoxy) is 1. The van der Waals surface area contributed by atoms with Gasteiger partial charge in [-0.15, -0.1) is 0 Å². The van der Waals surface area contributed by atoms with Gasteiger partial charge in [-0.25, -0.2) is 9.59 Å². The maximum Gasteiger partial charge on any atom is 0.342 e. The van der Waals surface area contributed by atoms with Gasteiger partial charge in [-0.05, 0) is 26.0 Å². The SMILES string of the molecule is Cc1c(-c2ccccc2)oc2c(C(=O)O[C@@H](C)C(=O)NC(N)=O)cccc2c1=O. The van der Waals surface area contributed by atoms with Crippen LogP contribution in [0.1, 0.15) is 22.8 Å². The summed E-state index contributed by atoms with van der Waals surface area (Å²) in [6.07, 6.45) is -1.28. The Hall–Kier alpha value is -3.94. The molecule has 0 unspecified atom stereocenters. The Kier molecular flexibility index (Phi) is 5.45. The van der Waals surface area contributed by atoms with Gasteiger partial charge in [0.15, 0.2) is 17.1 Å². The van der Waals surface area contributed by atoms with Gasteiger partial charge in [-0.3, -0.25) is 14.9 Å². The molecule has 0 saturated heterocycles. The molecule has 0 aliphatic rings. The van der Waals surface area contributed by atoms with E-state index in [4.69, 9.17) is 14.9 Å². The van der Waals surface area contributed by atoms with E-state index in [9.17, 15) is 19.2 Å². The smallest absolute Gasteiger partial charge is 0.342 e. The number of imide groups is 1. The van der Waals surface area contributed by atoms with Gasteiger partial charge >= 0.3 is 12.0 Å². The lowest BCUT2D eigenvalue weighted by molar-refractivity contribution is -0.127. The second-order valence-corrected chi connectivity index (χ2v) is 6.33. The van der Waals surface area contributed by atoms with Crippen molar-refractivity contribution in [3.05, 3.63) is 69.9 Å². The van der Waals surface area contributed by atoms with E-state index >= 15 is 0 Å². The number of hydrogen-bond acceptors (Lipinski definition) is 6. The van der Waals surface area contributed by atoms with Gasteiger partial charge in [0.2, 0.25) is 0 Å². The van der Waals surface area contributed by atoms with Gasteiger partial charge in [0.05, 0.1) is 5.39 Å². The first-order valence-electron chi connectivity index (χ1n) is 8.72. The van der Waals surface area contributed by atoms with Crippen LogP contribution in [0.15, 0.2) is 57.7 Å². The first-order chi connectivity index (χ1) is 13.8. The van der Waals surface area contributed by atoms with Crippen LogP contribution in [0.4, 0.5) is 4.79 Å². The van der Waals surface area contributed by atoms with E-state index in [0.29, 0.717) is 16.9 Å². The third-order valence-electron chi connectivity index (χ3n) is 4.30. The van der Waals surface area contributed by atoms with Crippen LogP contribution in [0.5, 0.6) is 0 Å². The number of nitrogens with one attached hydrogen (secondary N) is 1. The molecule has 3 rings (SSSR count). The van der Waals surface area contributed by atoms with Crippen molar-refractivity contribution in [1.29, 1.82) is 0 Å². The number of carbonyl (C=O) groups is 3. The minimum absolute atomic E-state index is 0.0180. The average molecular weight is 394 g/mol. The van der Waals surface area contributed by atoms with Gasteiger partial charge in [0, 0.05) is 11.1 Å². The zero-order valence-corrected chi connectivity index (χ0v) is 15.7. The zero-order chi connectivity index (χ0) is 21.1. The lowest BCUT2D eigenvalue weighted by Crippen LogP contribution is -2.42. The number of hydrogen-bond donors (Lipinski definition) is 2. The molecule has 0 aliphatic heterocycles. The molecule has 0 bridgehead atoms. The molecule has 8 heteroatoms. The number of amides is 3. The van der Waals surface area contributed by atoms with E-state index in [1.807, 2.05) is 11.4 Å². The highest BCUT2D eigenvalue weighted by atomic mass is 16.5. The lowest BCUT2D eigenvalue weighted by atomic mass is 10.0. The van der Waals surface area contributed by atoms with Crippen molar-refractivity contribution in [1.82, 2.24) is 5.32 Å². The number of esters is 1. The Morgan fingerprint density at radius 1 is 1.07 bits per heavy atom. The largest absolute Gasteiger partial charge is 0.455 e. The van der Waals surface area contributed by atoms with Crippen molar-refractivity contribution in [3.63, 3.8) is 0 Å². The summed E-state index contributed by atoms with van der Waals surface area (Å²) in [6, 6.07) is 12.4. The van der Waals surface area contributed by atoms with E-state index in [2.05, 4.69) is 0 Å². The van der Waals surface area contributed by atoms with Crippen LogP contribution < -0.4 is 16.5 Å². The van der Waals surface area contributed by atoms with Crippen LogP contribution in [-0.4, -0.2) is 24.0 Å². The summed E-state index contributed by atoms with van der Waals surface area (Å²) in [4.78, 5) is 48.0. The maximum atomic E-state index is 12.8. The predicted octanol–water partition coefficient (Wildman–Crippen LogP) is 2.51. The standard InChI is InChI=1S/C21H18N2O6/c1-11-16(24)14-9-6-10-15(20(26)28-12(2)19(25)23-21(22)27)18(14)29-17(11)13-7-4-3-5-8-13/h3-10,12H,1-2H3,(H3,22,23,25,27)/t12-/m0/s1. The highest BCUT2D eigenvalue weighted by Crippen LogP contribution is 2.27. The molecule has 0 radical (unpaired) electrons. The van der Waals surface area contributed by atoms with Gasteiger partial charge in [0.1, 0.15) is 11.3 Å². The Labute approximate surface area is 165 Å². The number of para-hydroxylation sites is 1. The maximum absolute atomic E-state index is 12.8. The Morgan fingerprint density at radius 2 is 1.76 bits per heavy atom. The van der Waals surface area contributed by atoms with Crippen molar-refractivity contribution in [2.45, 2.75) is 20.0 Å². The number of nitrogens with two attached hydrogens (primary N) is 1. The van der Waals surface area contributed by atoms with Crippen LogP contribution in [0.3, 0.4) is 0 Å². The topological polar surface area (TPSA) is 129 Å². The molecule has 2 aromatic carbocycles. The second-order valence-electron chi connectivity index (χ2n) is 6.33. The third kappa shape index (κ3) is 4.01. The summed E-state index contributed by atoms with van der Waals surface area (Å²) >= 11 is 0. The first-order valence-corrected chi connectivity index (χ1v) is 8.72. The zero-order valence-electron chi connectivity index (χ0n) is 15.7. The third-order valence-corrected chi connectivity index (χ3v) is 4.30. The fourth-order valence-electron chi connectivity index (χ4n) is 2.84. The van der Waals surface area contributed by atoms with E-state index < -0.39 is 24.0 Å². The van der Waals surface area contributed by atoms with Crippen LogP contribution in [0, 0.1) is 6.92 Å². The summed E-state index contributed by atoms with van der Waals surface area (Å²) in [5, 5.41) is 2.05. The molecule has 0 saturated carbocycles. The van der Waals surface area contributed by atoms with E-state index in [-0.39, 0.29) is 22.0 Å². The molecule has 3 amide bonds. The molecular weight excluding hydrogens is 376 g/mol. The summed E-state index contributed by atoms with van der Waals surface area (Å²) in [7, 11) is 0. The highest BCUT2D eigenvalue weighted by molar-refractivity contribution is 6.04. The minimum atomic E-state index is -1.28. The van der Waals surface area contributed by atoms with Crippen LogP contribution in [0.25, 0.3) is 22.3 Å². The normalized spacial score (nSPS) is 11.7. The molecule has 29 heavy (non-hydrogen) atoms. The van der Waals surface area contributed by atoms with Crippen LogP contribution in [-0.2, 0) is 9.53 Å². The number of benzene rings is 2. The quantitative estimate of drug-likeness (QED) is 0.654. The highest BCUT2D eigenvalue weighted by Gasteiger charge is 2.23. The van der Waals surface area contributed by atoms with Gasteiger partial charge in [-0.2, -0.15) is 0 Å². The average Bonchev–Trinajstić information content (AvgIpc) is 2.70. The van der Waals surface area contributed by atoms with Crippen molar-refractivity contribution in [2.24, 2.45) is 5.73 Å². The summed E-state index contributed by atoms with van der Waals surface area (Å²) < 4.78 is 11.0. The van der Waals surface area contributed by atoms with Gasteiger partial charge in [0.25, 0.3) is 5.91 Å².